The summed E-state index contributed by atoms with van der Waals surface area (Å²) in [5, 5.41) is 10.9. The molecular weight excluding hydrogens is 361 g/mol. The summed E-state index contributed by atoms with van der Waals surface area (Å²) < 4.78 is 5.57. The van der Waals surface area contributed by atoms with Crippen LogP contribution in [-0.2, 0) is 5.41 Å². The lowest BCUT2D eigenvalue weighted by Gasteiger charge is -2.19. The number of non-ortho nitro benzene ring substituents is 1. The molecule has 0 unspecified atom stereocenters. The summed E-state index contributed by atoms with van der Waals surface area (Å²) >= 11 is 0. The predicted molar refractivity (Wildman–Crippen MR) is 96.2 cm³/mol. The van der Waals surface area contributed by atoms with Crippen molar-refractivity contribution in [2.45, 2.75) is 26.2 Å². The highest BCUT2D eigenvalue weighted by Gasteiger charge is 2.45. The van der Waals surface area contributed by atoms with E-state index in [2.05, 4.69) is 0 Å². The minimum atomic E-state index is -4.88. The number of rotatable bonds is 5. The Labute approximate surface area is 150 Å². The van der Waals surface area contributed by atoms with Crippen molar-refractivity contribution in [1.82, 2.24) is 0 Å². The van der Waals surface area contributed by atoms with E-state index < -0.39 is 29.6 Å². The maximum absolute atomic E-state index is 12.0. The number of hydrogen-bond donors (Lipinski definition) is 3. The van der Waals surface area contributed by atoms with Crippen molar-refractivity contribution in [3.05, 3.63) is 63.7 Å². The number of nitrogens with zero attached hydrogens (tertiary/aromatic N) is 1. The number of nitro groups is 1. The first-order valence-corrected chi connectivity index (χ1v) is 9.23. The molecule has 26 heavy (non-hydrogen) atoms. The first-order chi connectivity index (χ1) is 11.9. The molecule has 0 aliphatic heterocycles. The third kappa shape index (κ3) is 4.62. The van der Waals surface area contributed by atoms with Crippen LogP contribution in [0.4, 0.5) is 5.69 Å². The number of carbonyl (C=O) groups is 1. The van der Waals surface area contributed by atoms with Gasteiger partial charge in [-0.3, -0.25) is 10.1 Å². The number of nitro benzene ring substituents is 1. The van der Waals surface area contributed by atoms with Gasteiger partial charge in [-0.05, 0) is 29.2 Å². The fraction of sp³-hybridized carbons (Fsp3) is 0.235. The second kappa shape index (κ2) is 7.09. The van der Waals surface area contributed by atoms with Crippen LogP contribution in [0.5, 0.6) is 11.5 Å². The predicted octanol–water partition coefficient (Wildman–Crippen LogP) is 3.56. The van der Waals surface area contributed by atoms with E-state index in [1.54, 1.807) is 12.1 Å². The minimum absolute atomic E-state index is 0.0677. The van der Waals surface area contributed by atoms with Gasteiger partial charge in [0.25, 0.3) is 5.69 Å². The summed E-state index contributed by atoms with van der Waals surface area (Å²) in [5.41, 5.74) is -1.38. The van der Waals surface area contributed by atoms with Gasteiger partial charge >= 0.3 is 13.5 Å². The molecule has 0 saturated heterocycles. The van der Waals surface area contributed by atoms with Crippen LogP contribution in [0.15, 0.2) is 42.5 Å². The molecule has 0 heterocycles. The van der Waals surface area contributed by atoms with Crippen LogP contribution >= 0.6 is 7.94 Å². The number of benzene rings is 2. The third-order valence-electron chi connectivity index (χ3n) is 3.62. The Hall–Kier alpha value is -2.38. The van der Waals surface area contributed by atoms with Crippen LogP contribution in [-0.4, -0.2) is 25.1 Å². The Morgan fingerprint density at radius 1 is 1.08 bits per heavy atom. The zero-order valence-electron chi connectivity index (χ0n) is 14.4. The van der Waals surface area contributed by atoms with Crippen molar-refractivity contribution >= 4 is 19.2 Å². The van der Waals surface area contributed by atoms with Gasteiger partial charge in [-0.1, -0.05) is 32.9 Å². The second-order valence-electron chi connectivity index (χ2n) is 6.69. The third-order valence-corrected chi connectivity index (χ3v) is 4.41. The van der Waals surface area contributed by atoms with Crippen molar-refractivity contribution in [2.75, 3.05) is 0 Å². The van der Waals surface area contributed by atoms with Crippen molar-refractivity contribution < 1.29 is 29.1 Å². The van der Waals surface area contributed by atoms with Gasteiger partial charge in [0.1, 0.15) is 17.1 Å². The molecule has 0 atom stereocenters. The molecule has 138 valence electrons. The zero-order valence-corrected chi connectivity index (χ0v) is 15.3. The molecule has 8 nitrogen and oxygen atoms in total. The monoisotopic (exact) mass is 380 g/mol. The molecule has 0 spiro atoms. The summed E-state index contributed by atoms with van der Waals surface area (Å²) in [6.07, 6.45) is 0. The average molecular weight is 380 g/mol. The van der Waals surface area contributed by atoms with Crippen molar-refractivity contribution in [3.8, 4) is 11.5 Å². The summed E-state index contributed by atoms with van der Waals surface area (Å²) in [4.78, 5) is 49.9. The molecule has 2 aromatic rings. The van der Waals surface area contributed by atoms with E-state index in [9.17, 15) is 29.6 Å². The van der Waals surface area contributed by atoms with Gasteiger partial charge in [0.2, 0.25) is 0 Å². The highest BCUT2D eigenvalue weighted by molar-refractivity contribution is 7.76. The van der Waals surface area contributed by atoms with Crippen LogP contribution in [0.3, 0.4) is 0 Å². The minimum Gasteiger partial charge on any atom is -0.456 e. The number of carbonyl (C=O) groups excluding carboxylic acids is 1. The molecule has 0 aliphatic rings. The van der Waals surface area contributed by atoms with Gasteiger partial charge in [-0.25, -0.2) is 4.79 Å². The van der Waals surface area contributed by atoms with E-state index in [1.807, 2.05) is 32.9 Å². The van der Waals surface area contributed by atoms with Gasteiger partial charge < -0.3 is 4.74 Å². The molecule has 9 heteroatoms. The number of ether oxygens (including phenoxy) is 1. The first-order valence-electron chi connectivity index (χ1n) is 7.58. The molecule has 0 radical (unpaired) electrons. The van der Waals surface area contributed by atoms with Gasteiger partial charge in [0.15, 0.2) is 0 Å². The molecule has 0 saturated carbocycles. The molecule has 2 rings (SSSR count). The quantitative estimate of drug-likeness (QED) is 0.411. The van der Waals surface area contributed by atoms with E-state index in [1.165, 1.54) is 6.07 Å². The summed E-state index contributed by atoms with van der Waals surface area (Å²) in [6, 6.07) is 10.1. The maximum atomic E-state index is 12.0. The number of hydrogen-bond acceptors (Lipinski definition) is 7. The Balaban J connectivity index is 2.42. The van der Waals surface area contributed by atoms with Crippen molar-refractivity contribution in [1.29, 1.82) is 0 Å². The van der Waals surface area contributed by atoms with Crippen LogP contribution < -0.4 is 4.74 Å². The van der Waals surface area contributed by atoms with Crippen molar-refractivity contribution in [3.63, 3.8) is 0 Å². The lowest BCUT2D eigenvalue weighted by Crippen LogP contribution is -2.10. The van der Waals surface area contributed by atoms with Crippen molar-refractivity contribution in [2.24, 2.45) is 0 Å². The molecular formula is C17H19NO7P+. The summed E-state index contributed by atoms with van der Waals surface area (Å²) in [7, 11) is -4.88. The van der Waals surface area contributed by atoms with Gasteiger partial charge in [-0.15, -0.1) is 0 Å². The lowest BCUT2D eigenvalue weighted by atomic mass is 9.87. The summed E-state index contributed by atoms with van der Waals surface area (Å²) in [6.45, 7) is 6.13. The molecule has 0 amide bonds. The smallest absolute Gasteiger partial charge is 0.456 e. The van der Waals surface area contributed by atoms with E-state index in [4.69, 9.17) is 4.74 Å². The van der Waals surface area contributed by atoms with E-state index in [0.29, 0.717) is 5.75 Å². The van der Waals surface area contributed by atoms with Crippen LogP contribution in [0, 0.1) is 10.1 Å². The highest BCUT2D eigenvalue weighted by Crippen LogP contribution is 2.50. The standard InChI is InChI=1S/C17H19NO7P/c1-17(2,3)11-4-7-13(8-5-11)25-15-9-6-12(18(20)21)10-14(15)16(19)26(22,23)24/h4-10,22-24H,1-3H3/q+1. The Kier molecular flexibility index (Phi) is 5.44. The van der Waals surface area contributed by atoms with E-state index >= 15 is 0 Å². The topological polar surface area (TPSA) is 130 Å². The first kappa shape index (κ1) is 19.9. The second-order valence-corrected chi connectivity index (χ2v) is 8.23. The highest BCUT2D eigenvalue weighted by atomic mass is 31.2. The van der Waals surface area contributed by atoms with E-state index in [0.717, 1.165) is 17.7 Å². The molecule has 0 bridgehead atoms. The normalized spacial score (nSPS) is 11.9. The maximum Gasteiger partial charge on any atom is 0.484 e. The average Bonchev–Trinajstić information content (AvgIpc) is 2.53. The van der Waals surface area contributed by atoms with Gasteiger partial charge in [0, 0.05) is 12.1 Å². The van der Waals surface area contributed by atoms with Gasteiger partial charge in [-0.2, -0.15) is 14.7 Å². The van der Waals surface area contributed by atoms with Crippen LogP contribution in [0.2, 0.25) is 0 Å². The van der Waals surface area contributed by atoms with Crippen LogP contribution in [0.25, 0.3) is 0 Å². The summed E-state index contributed by atoms with van der Waals surface area (Å²) in [5.74, 6) is 0.212. The van der Waals surface area contributed by atoms with E-state index in [-0.39, 0.29) is 11.2 Å². The molecule has 0 aromatic heterocycles. The van der Waals surface area contributed by atoms with Crippen LogP contribution in [0.1, 0.15) is 36.7 Å². The SMILES string of the molecule is CC(C)(C)c1ccc(Oc2ccc([N+](=O)[O-])cc2C(=O)[P+](O)(O)O)cc1. The molecule has 0 fully saturated rings. The lowest BCUT2D eigenvalue weighted by molar-refractivity contribution is -0.384. The zero-order chi connectivity index (χ0) is 19.7. The fourth-order valence-electron chi connectivity index (χ4n) is 2.20. The largest absolute Gasteiger partial charge is 0.484 e. The Morgan fingerprint density at radius 2 is 1.65 bits per heavy atom. The Morgan fingerprint density at radius 3 is 2.12 bits per heavy atom. The fourth-order valence-corrected chi connectivity index (χ4v) is 2.70. The Bertz CT molecular complexity index is 836. The molecule has 3 N–H and O–H groups in total. The molecule has 2 aromatic carbocycles. The molecule has 0 aliphatic carbocycles. The van der Waals surface area contributed by atoms with Gasteiger partial charge in [0.05, 0.1) is 4.92 Å².